The topological polar surface area (TPSA) is 65.8 Å². The van der Waals surface area contributed by atoms with Crippen LogP contribution in [0, 0.1) is 0 Å². The molecule has 7 heteroatoms. The van der Waals surface area contributed by atoms with Crippen molar-refractivity contribution in [1.29, 1.82) is 0 Å². The Morgan fingerprint density at radius 2 is 2.17 bits per heavy atom. The van der Waals surface area contributed by atoms with Crippen LogP contribution in [0.3, 0.4) is 0 Å². The van der Waals surface area contributed by atoms with Crippen molar-refractivity contribution in [2.45, 2.75) is 32.1 Å². The first-order chi connectivity index (χ1) is 14.2. The molecule has 7 nitrogen and oxygen atoms in total. The maximum Gasteiger partial charge on any atom is 0.246 e. The molecule has 1 unspecified atom stereocenters. The summed E-state index contributed by atoms with van der Waals surface area (Å²) in [7, 11) is 1.86. The van der Waals surface area contributed by atoms with Gasteiger partial charge in [-0.2, -0.15) is 5.10 Å². The Hall–Kier alpha value is -2.83. The fourth-order valence-electron chi connectivity index (χ4n) is 4.34. The number of aryl methyl sites for hydroxylation is 2. The zero-order chi connectivity index (χ0) is 20.2. The highest BCUT2D eigenvalue weighted by Crippen LogP contribution is 2.31. The van der Waals surface area contributed by atoms with Gasteiger partial charge in [0.25, 0.3) is 0 Å². The van der Waals surface area contributed by atoms with Crippen molar-refractivity contribution in [3.8, 4) is 0 Å². The number of hydrogen-bond donors (Lipinski definition) is 1. The first-order valence-corrected chi connectivity index (χ1v) is 10.6. The summed E-state index contributed by atoms with van der Waals surface area (Å²) in [6.45, 7) is 5.35. The molecule has 1 amide bonds. The van der Waals surface area contributed by atoms with Crippen LogP contribution in [0.25, 0.3) is 0 Å². The van der Waals surface area contributed by atoms with E-state index in [0.717, 1.165) is 31.3 Å². The fourth-order valence-corrected chi connectivity index (χ4v) is 4.34. The molecule has 1 N–H and O–H groups in total. The molecule has 0 spiro atoms. The predicted octanol–water partition coefficient (Wildman–Crippen LogP) is 2.15. The summed E-state index contributed by atoms with van der Waals surface area (Å²) in [5.74, 6) is 1.38. The zero-order valence-corrected chi connectivity index (χ0v) is 17.3. The quantitative estimate of drug-likeness (QED) is 0.638. The molecule has 1 aromatic heterocycles. The van der Waals surface area contributed by atoms with Crippen LogP contribution in [0.2, 0.25) is 0 Å². The number of fused-ring (bicyclic) bond motifs is 1. The number of hydrogen-bond acceptors (Lipinski definition) is 3. The molecule has 0 radical (unpaired) electrons. The highest BCUT2D eigenvalue weighted by molar-refractivity contribution is 5.98. The number of aliphatic imine (C=N–C) groups is 1. The summed E-state index contributed by atoms with van der Waals surface area (Å²) in [5.41, 5.74) is 3.76. The van der Waals surface area contributed by atoms with Crippen molar-refractivity contribution >= 4 is 17.6 Å². The first kappa shape index (κ1) is 19.5. The second-order valence-corrected chi connectivity index (χ2v) is 7.82. The second-order valence-electron chi connectivity index (χ2n) is 7.82. The molecule has 4 rings (SSSR count). The number of nitrogens with one attached hydrogen (secondary N) is 1. The Labute approximate surface area is 172 Å². The summed E-state index contributed by atoms with van der Waals surface area (Å²) in [5, 5.41) is 7.57. The monoisotopic (exact) mass is 394 g/mol. The summed E-state index contributed by atoms with van der Waals surface area (Å²) >= 11 is 0. The van der Waals surface area contributed by atoms with E-state index in [2.05, 4.69) is 46.5 Å². The van der Waals surface area contributed by atoms with Crippen molar-refractivity contribution in [1.82, 2.24) is 20.0 Å². The van der Waals surface area contributed by atoms with E-state index in [1.54, 1.807) is 10.9 Å². The van der Waals surface area contributed by atoms with Crippen LogP contribution >= 0.6 is 0 Å². The van der Waals surface area contributed by atoms with Crippen molar-refractivity contribution in [2.75, 3.05) is 37.6 Å². The minimum atomic E-state index is 0.0814. The number of guanidine groups is 1. The normalized spacial score (nSPS) is 20.0. The number of amides is 1. The van der Waals surface area contributed by atoms with Gasteiger partial charge in [-0.1, -0.05) is 24.3 Å². The van der Waals surface area contributed by atoms with Gasteiger partial charge in [-0.25, -0.2) is 0 Å². The SMILES string of the molecule is CCNC(=NCC1CCCc2ccccc21)N1CCN(c2cnn(C)c2)C(=O)C1. The fraction of sp³-hybridized carbons (Fsp3) is 0.500. The van der Waals surface area contributed by atoms with Crippen molar-refractivity contribution in [2.24, 2.45) is 12.0 Å². The minimum Gasteiger partial charge on any atom is -0.357 e. The molecule has 0 saturated carbocycles. The van der Waals surface area contributed by atoms with Crippen molar-refractivity contribution < 1.29 is 4.79 Å². The maximum absolute atomic E-state index is 12.8. The smallest absolute Gasteiger partial charge is 0.246 e. The Kier molecular flexibility index (Phi) is 5.83. The average Bonchev–Trinajstić information content (AvgIpc) is 3.17. The van der Waals surface area contributed by atoms with E-state index in [0.29, 0.717) is 19.0 Å². The molecule has 2 aliphatic rings. The second kappa shape index (κ2) is 8.68. The van der Waals surface area contributed by atoms with Gasteiger partial charge in [-0.3, -0.25) is 14.5 Å². The minimum absolute atomic E-state index is 0.0814. The summed E-state index contributed by atoms with van der Waals surface area (Å²) in [6, 6.07) is 8.74. The number of aromatic nitrogens is 2. The van der Waals surface area contributed by atoms with Crippen molar-refractivity contribution in [3.63, 3.8) is 0 Å². The molecule has 1 atom stereocenters. The number of piperazine rings is 1. The Morgan fingerprint density at radius 3 is 2.93 bits per heavy atom. The summed E-state index contributed by atoms with van der Waals surface area (Å²) in [4.78, 5) is 21.6. The third-order valence-corrected chi connectivity index (χ3v) is 5.81. The number of benzene rings is 1. The van der Waals surface area contributed by atoms with Crippen LogP contribution in [-0.2, 0) is 18.3 Å². The van der Waals surface area contributed by atoms with Crippen LogP contribution in [0.1, 0.15) is 36.8 Å². The highest BCUT2D eigenvalue weighted by Gasteiger charge is 2.28. The van der Waals surface area contributed by atoms with Gasteiger partial charge >= 0.3 is 0 Å². The summed E-state index contributed by atoms with van der Waals surface area (Å²) < 4.78 is 1.72. The van der Waals surface area contributed by atoms with Crippen molar-refractivity contribution in [3.05, 3.63) is 47.8 Å². The van der Waals surface area contributed by atoms with Crippen LogP contribution in [0.4, 0.5) is 5.69 Å². The number of anilines is 1. The molecule has 1 aliphatic heterocycles. The van der Waals surface area contributed by atoms with Gasteiger partial charge in [0.2, 0.25) is 5.91 Å². The van der Waals surface area contributed by atoms with E-state index in [9.17, 15) is 4.79 Å². The van der Waals surface area contributed by atoms with Crippen LogP contribution in [0.5, 0.6) is 0 Å². The standard InChI is InChI=1S/C22H30N6O/c1-3-23-22(24-13-18-9-6-8-17-7-4-5-10-20(17)18)27-11-12-28(21(29)16-27)19-14-25-26(2)15-19/h4-5,7,10,14-15,18H,3,6,8-9,11-13,16H2,1-2H3,(H,23,24). The molecule has 1 fully saturated rings. The predicted molar refractivity (Wildman–Crippen MR) is 115 cm³/mol. The lowest BCUT2D eigenvalue weighted by Crippen LogP contribution is -2.55. The van der Waals surface area contributed by atoms with E-state index >= 15 is 0 Å². The summed E-state index contributed by atoms with van der Waals surface area (Å²) in [6.07, 6.45) is 7.19. The number of rotatable bonds is 4. The van der Waals surface area contributed by atoms with Crippen LogP contribution in [-0.4, -0.2) is 59.3 Å². The van der Waals surface area contributed by atoms with Gasteiger partial charge in [0, 0.05) is 45.3 Å². The third kappa shape index (κ3) is 4.28. The van der Waals surface area contributed by atoms with Crippen LogP contribution in [0.15, 0.2) is 41.7 Å². The molecule has 154 valence electrons. The maximum atomic E-state index is 12.8. The highest BCUT2D eigenvalue weighted by atomic mass is 16.2. The van der Waals surface area contributed by atoms with E-state index in [-0.39, 0.29) is 5.91 Å². The molecule has 2 aromatic rings. The Morgan fingerprint density at radius 1 is 1.31 bits per heavy atom. The number of carbonyl (C=O) groups is 1. The van der Waals surface area contributed by atoms with E-state index < -0.39 is 0 Å². The lowest BCUT2D eigenvalue weighted by Gasteiger charge is -2.35. The molecule has 1 aliphatic carbocycles. The van der Waals surface area contributed by atoms with E-state index in [1.165, 1.54) is 30.4 Å². The largest absolute Gasteiger partial charge is 0.357 e. The number of nitrogens with zero attached hydrogens (tertiary/aromatic N) is 5. The molecule has 1 aromatic carbocycles. The van der Waals surface area contributed by atoms with Crippen LogP contribution < -0.4 is 10.2 Å². The van der Waals surface area contributed by atoms with Gasteiger partial charge in [-0.05, 0) is 37.3 Å². The van der Waals surface area contributed by atoms with Gasteiger partial charge in [0.15, 0.2) is 5.96 Å². The first-order valence-electron chi connectivity index (χ1n) is 10.6. The average molecular weight is 395 g/mol. The van der Waals surface area contributed by atoms with E-state index in [4.69, 9.17) is 4.99 Å². The molecular weight excluding hydrogens is 364 g/mol. The Balaban J connectivity index is 1.45. The lowest BCUT2D eigenvalue weighted by atomic mass is 9.83. The third-order valence-electron chi connectivity index (χ3n) is 5.81. The number of carbonyl (C=O) groups excluding carboxylic acids is 1. The van der Waals surface area contributed by atoms with Gasteiger partial charge in [-0.15, -0.1) is 0 Å². The van der Waals surface area contributed by atoms with Gasteiger partial charge in [0.05, 0.1) is 11.9 Å². The molecule has 0 bridgehead atoms. The molecule has 29 heavy (non-hydrogen) atoms. The lowest BCUT2D eigenvalue weighted by molar-refractivity contribution is -0.120. The van der Waals surface area contributed by atoms with Gasteiger partial charge in [0.1, 0.15) is 6.54 Å². The molecule has 2 heterocycles. The molecular formula is C22H30N6O. The Bertz CT molecular complexity index is 889. The molecule has 1 saturated heterocycles. The van der Waals surface area contributed by atoms with E-state index in [1.807, 2.05) is 18.1 Å². The zero-order valence-electron chi connectivity index (χ0n) is 17.3. The van der Waals surface area contributed by atoms with Gasteiger partial charge < -0.3 is 15.1 Å².